The molecule has 0 saturated heterocycles. The Balaban J connectivity index is 2.01. The van der Waals surface area contributed by atoms with E-state index < -0.39 is 24.4 Å². The van der Waals surface area contributed by atoms with E-state index in [1.165, 1.54) is 11.3 Å². The second kappa shape index (κ2) is 7.55. The fourth-order valence-electron chi connectivity index (χ4n) is 1.86. The maximum absolute atomic E-state index is 12.1. The van der Waals surface area contributed by atoms with Crippen molar-refractivity contribution in [2.24, 2.45) is 5.73 Å². The van der Waals surface area contributed by atoms with Crippen molar-refractivity contribution >= 4 is 29.1 Å². The molecule has 0 atom stereocenters. The number of aryl methyl sites for hydroxylation is 1. The first-order valence-electron chi connectivity index (χ1n) is 6.84. The topological polar surface area (TPSA) is 98.5 Å². The Morgan fingerprint density at radius 3 is 2.52 bits per heavy atom. The van der Waals surface area contributed by atoms with Crippen molar-refractivity contribution in [3.05, 3.63) is 46.2 Å². The molecule has 0 aliphatic rings. The summed E-state index contributed by atoms with van der Waals surface area (Å²) >= 11 is 1.25. The highest BCUT2D eigenvalue weighted by Crippen LogP contribution is 2.29. The normalized spacial score (nSPS) is 10.1. The van der Waals surface area contributed by atoms with Gasteiger partial charge in [-0.1, -0.05) is 29.8 Å². The van der Waals surface area contributed by atoms with E-state index in [9.17, 15) is 14.4 Å². The molecular formula is C16H16N2O4S. The highest BCUT2D eigenvalue weighted by molar-refractivity contribution is 7.12. The Hall–Kier alpha value is -2.67. The third kappa shape index (κ3) is 4.65. The van der Waals surface area contributed by atoms with Crippen molar-refractivity contribution < 1.29 is 19.1 Å². The number of carbonyl (C=O) groups excluding carboxylic acids is 3. The molecule has 0 saturated carbocycles. The van der Waals surface area contributed by atoms with E-state index in [0.29, 0.717) is 4.88 Å². The lowest BCUT2D eigenvalue weighted by atomic mass is 10.1. The molecule has 6 nitrogen and oxygen atoms in total. The van der Waals surface area contributed by atoms with Gasteiger partial charge in [0.25, 0.3) is 5.91 Å². The molecule has 1 aromatic heterocycles. The Morgan fingerprint density at radius 2 is 1.87 bits per heavy atom. The molecule has 0 spiro atoms. The molecule has 0 bridgehead atoms. The van der Waals surface area contributed by atoms with Gasteiger partial charge >= 0.3 is 5.97 Å². The molecule has 2 rings (SSSR count). The summed E-state index contributed by atoms with van der Waals surface area (Å²) in [6, 6.07) is 9.60. The van der Waals surface area contributed by atoms with Crippen molar-refractivity contribution in [1.82, 2.24) is 5.32 Å². The van der Waals surface area contributed by atoms with E-state index in [0.717, 1.165) is 16.7 Å². The summed E-state index contributed by atoms with van der Waals surface area (Å²) in [7, 11) is 0. The van der Waals surface area contributed by atoms with E-state index >= 15 is 0 Å². The largest absolute Gasteiger partial charge is 0.451 e. The average molecular weight is 332 g/mol. The van der Waals surface area contributed by atoms with Crippen LogP contribution in [-0.4, -0.2) is 30.9 Å². The summed E-state index contributed by atoms with van der Waals surface area (Å²) in [5.74, 6) is -1.82. The van der Waals surface area contributed by atoms with Gasteiger partial charge in [-0.25, -0.2) is 4.79 Å². The molecule has 0 aliphatic carbocycles. The van der Waals surface area contributed by atoms with Gasteiger partial charge < -0.3 is 15.8 Å². The fourth-order valence-corrected chi connectivity index (χ4v) is 2.67. The Kier molecular flexibility index (Phi) is 5.48. The highest BCUT2D eigenvalue weighted by Gasteiger charge is 2.17. The minimum Gasteiger partial charge on any atom is -0.451 e. The predicted octanol–water partition coefficient (Wildman–Crippen LogP) is 1.48. The van der Waals surface area contributed by atoms with Crippen molar-refractivity contribution in [3.63, 3.8) is 0 Å². The van der Waals surface area contributed by atoms with Crippen LogP contribution in [0.25, 0.3) is 11.1 Å². The first kappa shape index (κ1) is 16.7. The van der Waals surface area contributed by atoms with Crippen molar-refractivity contribution in [2.45, 2.75) is 6.92 Å². The van der Waals surface area contributed by atoms with E-state index in [1.807, 2.05) is 37.3 Å². The van der Waals surface area contributed by atoms with Crippen LogP contribution in [0, 0.1) is 6.92 Å². The average Bonchev–Trinajstić information content (AvgIpc) is 3.01. The Morgan fingerprint density at radius 1 is 1.17 bits per heavy atom. The fraction of sp³-hybridized carbons (Fsp3) is 0.188. The molecule has 2 amide bonds. The third-order valence-electron chi connectivity index (χ3n) is 3.01. The molecule has 7 heteroatoms. The second-order valence-corrected chi connectivity index (χ2v) is 5.76. The number of primary amides is 1. The SMILES string of the molecule is Cc1ccc(-c2ccsc2C(=O)OCC(=O)NCC(N)=O)cc1. The second-order valence-electron chi connectivity index (χ2n) is 4.85. The monoisotopic (exact) mass is 332 g/mol. The predicted molar refractivity (Wildman–Crippen MR) is 87.0 cm³/mol. The van der Waals surface area contributed by atoms with Gasteiger partial charge in [0.1, 0.15) is 4.88 Å². The zero-order chi connectivity index (χ0) is 16.8. The van der Waals surface area contributed by atoms with Gasteiger partial charge in [0.15, 0.2) is 6.61 Å². The highest BCUT2D eigenvalue weighted by atomic mass is 32.1. The van der Waals surface area contributed by atoms with E-state index in [-0.39, 0.29) is 6.54 Å². The summed E-state index contributed by atoms with van der Waals surface area (Å²) < 4.78 is 4.97. The molecule has 1 heterocycles. The summed E-state index contributed by atoms with van der Waals surface area (Å²) in [5, 5.41) is 4.04. The van der Waals surface area contributed by atoms with Gasteiger partial charge in [-0.15, -0.1) is 11.3 Å². The lowest BCUT2D eigenvalue weighted by Crippen LogP contribution is -2.35. The molecule has 0 unspecified atom stereocenters. The van der Waals surface area contributed by atoms with Crippen LogP contribution in [-0.2, 0) is 14.3 Å². The minimum absolute atomic E-state index is 0.288. The number of hydrogen-bond acceptors (Lipinski definition) is 5. The van der Waals surface area contributed by atoms with Crippen LogP contribution in [0.4, 0.5) is 0 Å². The lowest BCUT2D eigenvalue weighted by Gasteiger charge is -2.06. The van der Waals surface area contributed by atoms with Gasteiger partial charge in [0.05, 0.1) is 6.54 Å². The molecule has 3 N–H and O–H groups in total. The number of amides is 2. The lowest BCUT2D eigenvalue weighted by molar-refractivity contribution is -0.127. The van der Waals surface area contributed by atoms with Gasteiger partial charge in [-0.05, 0) is 23.9 Å². The zero-order valence-corrected chi connectivity index (χ0v) is 13.3. The van der Waals surface area contributed by atoms with Crippen LogP contribution in [0.2, 0.25) is 0 Å². The first-order chi connectivity index (χ1) is 11.0. The Labute approximate surface area is 137 Å². The molecular weight excluding hydrogens is 316 g/mol. The molecule has 2 aromatic rings. The number of nitrogens with one attached hydrogen (secondary N) is 1. The molecule has 0 aliphatic heterocycles. The number of nitrogens with two attached hydrogens (primary N) is 1. The maximum atomic E-state index is 12.1. The first-order valence-corrected chi connectivity index (χ1v) is 7.72. The number of carbonyl (C=O) groups is 3. The van der Waals surface area contributed by atoms with Gasteiger partial charge in [-0.2, -0.15) is 0 Å². The molecule has 23 heavy (non-hydrogen) atoms. The minimum atomic E-state index is -0.662. The quantitative estimate of drug-likeness (QED) is 0.783. The van der Waals surface area contributed by atoms with Crippen LogP contribution < -0.4 is 11.1 Å². The van der Waals surface area contributed by atoms with Gasteiger partial charge in [-0.3, -0.25) is 9.59 Å². The van der Waals surface area contributed by atoms with Crippen LogP contribution in [0.15, 0.2) is 35.7 Å². The van der Waals surface area contributed by atoms with Crippen molar-refractivity contribution in [1.29, 1.82) is 0 Å². The standard InChI is InChI=1S/C16H16N2O4S/c1-10-2-4-11(5-3-10)12-6-7-23-15(12)16(21)22-9-14(20)18-8-13(17)19/h2-7H,8-9H2,1H3,(H2,17,19)(H,18,20). The molecule has 120 valence electrons. The summed E-state index contributed by atoms with van der Waals surface area (Å²) in [4.78, 5) is 34.5. The number of esters is 1. The van der Waals surface area contributed by atoms with E-state index in [4.69, 9.17) is 10.5 Å². The van der Waals surface area contributed by atoms with Gasteiger partial charge in [0.2, 0.25) is 5.91 Å². The number of ether oxygens (including phenoxy) is 1. The summed E-state index contributed by atoms with van der Waals surface area (Å²) in [6.45, 7) is 1.23. The van der Waals surface area contributed by atoms with Crippen LogP contribution in [0.3, 0.4) is 0 Å². The van der Waals surface area contributed by atoms with E-state index in [1.54, 1.807) is 5.38 Å². The number of hydrogen-bond donors (Lipinski definition) is 2. The van der Waals surface area contributed by atoms with Crippen LogP contribution in [0.5, 0.6) is 0 Å². The number of thiophene rings is 1. The third-order valence-corrected chi connectivity index (χ3v) is 3.90. The van der Waals surface area contributed by atoms with Crippen LogP contribution in [0.1, 0.15) is 15.2 Å². The zero-order valence-electron chi connectivity index (χ0n) is 12.5. The molecule has 0 fully saturated rings. The van der Waals surface area contributed by atoms with Gasteiger partial charge in [0, 0.05) is 5.56 Å². The Bertz CT molecular complexity index is 722. The van der Waals surface area contributed by atoms with Crippen molar-refractivity contribution in [3.8, 4) is 11.1 Å². The number of benzene rings is 1. The van der Waals surface area contributed by atoms with Crippen LogP contribution >= 0.6 is 11.3 Å². The van der Waals surface area contributed by atoms with Crippen molar-refractivity contribution in [2.75, 3.05) is 13.2 Å². The van der Waals surface area contributed by atoms with E-state index in [2.05, 4.69) is 5.32 Å². The number of rotatable bonds is 6. The summed E-state index contributed by atoms with van der Waals surface area (Å²) in [6.07, 6.45) is 0. The molecule has 0 radical (unpaired) electrons. The molecule has 1 aromatic carbocycles. The summed E-state index contributed by atoms with van der Waals surface area (Å²) in [5.41, 5.74) is 7.70. The maximum Gasteiger partial charge on any atom is 0.349 e. The smallest absolute Gasteiger partial charge is 0.349 e.